The number of hydrogen-bond donors (Lipinski definition) is 0. The standard InChI is InChI=1S/C20H18N6O3/c1-2-27-15-7-5-13(6-8-15)17-11-26-16(12-28-17)18(23-25-26)20-22-19(24-29-20)14-4-3-9-21-10-14/h3-10,17H,2,11-12H2,1H3/t17-/m1/s1. The van der Waals surface area contributed by atoms with Crippen molar-refractivity contribution >= 4 is 0 Å². The summed E-state index contributed by atoms with van der Waals surface area (Å²) in [7, 11) is 0. The second kappa shape index (κ2) is 7.44. The molecular weight excluding hydrogens is 372 g/mol. The van der Waals surface area contributed by atoms with E-state index in [0.717, 1.165) is 22.6 Å². The molecule has 1 aliphatic heterocycles. The van der Waals surface area contributed by atoms with E-state index in [1.165, 1.54) is 0 Å². The van der Waals surface area contributed by atoms with Gasteiger partial charge in [-0.15, -0.1) is 5.10 Å². The van der Waals surface area contributed by atoms with Gasteiger partial charge in [-0.2, -0.15) is 4.98 Å². The first-order chi connectivity index (χ1) is 14.3. The van der Waals surface area contributed by atoms with Crippen LogP contribution in [0.15, 0.2) is 53.3 Å². The summed E-state index contributed by atoms with van der Waals surface area (Å²) < 4.78 is 18.8. The highest BCUT2D eigenvalue weighted by Gasteiger charge is 2.28. The van der Waals surface area contributed by atoms with Gasteiger partial charge in [0.05, 0.1) is 25.5 Å². The summed E-state index contributed by atoms with van der Waals surface area (Å²) >= 11 is 0. The zero-order valence-electron chi connectivity index (χ0n) is 15.7. The Labute approximate surface area is 166 Å². The van der Waals surface area contributed by atoms with Crippen LogP contribution in [0.2, 0.25) is 0 Å². The zero-order chi connectivity index (χ0) is 19.6. The molecule has 146 valence electrons. The summed E-state index contributed by atoms with van der Waals surface area (Å²) in [6.45, 7) is 3.51. The average molecular weight is 390 g/mol. The van der Waals surface area contributed by atoms with Crippen LogP contribution in [-0.4, -0.2) is 36.7 Å². The van der Waals surface area contributed by atoms with Crippen molar-refractivity contribution in [3.63, 3.8) is 0 Å². The summed E-state index contributed by atoms with van der Waals surface area (Å²) in [5.74, 6) is 1.61. The fraction of sp³-hybridized carbons (Fsp3) is 0.250. The van der Waals surface area contributed by atoms with E-state index < -0.39 is 0 Å². The molecule has 1 aromatic carbocycles. The third-order valence-electron chi connectivity index (χ3n) is 4.71. The minimum atomic E-state index is -0.110. The maximum absolute atomic E-state index is 6.06. The molecular formula is C20H18N6O3. The van der Waals surface area contributed by atoms with Crippen LogP contribution < -0.4 is 4.74 Å². The van der Waals surface area contributed by atoms with Crippen molar-refractivity contribution < 1.29 is 14.0 Å². The maximum Gasteiger partial charge on any atom is 0.280 e. The molecule has 0 amide bonds. The summed E-state index contributed by atoms with van der Waals surface area (Å²) in [5.41, 5.74) is 3.19. The van der Waals surface area contributed by atoms with Crippen molar-refractivity contribution in [1.82, 2.24) is 30.1 Å². The van der Waals surface area contributed by atoms with Gasteiger partial charge in [0.2, 0.25) is 5.82 Å². The van der Waals surface area contributed by atoms with Crippen LogP contribution in [-0.2, 0) is 17.9 Å². The van der Waals surface area contributed by atoms with Gasteiger partial charge in [-0.05, 0) is 36.8 Å². The molecule has 29 heavy (non-hydrogen) atoms. The highest BCUT2D eigenvalue weighted by molar-refractivity contribution is 5.57. The molecule has 0 N–H and O–H groups in total. The summed E-state index contributed by atoms with van der Waals surface area (Å²) in [6.07, 6.45) is 3.26. The number of benzene rings is 1. The molecule has 0 saturated heterocycles. The molecule has 0 saturated carbocycles. The molecule has 1 aliphatic rings. The molecule has 0 unspecified atom stereocenters. The Bertz CT molecular complexity index is 1110. The lowest BCUT2D eigenvalue weighted by atomic mass is 10.1. The highest BCUT2D eigenvalue weighted by atomic mass is 16.5. The van der Waals surface area contributed by atoms with Crippen LogP contribution in [0.5, 0.6) is 5.75 Å². The number of rotatable bonds is 5. The fourth-order valence-electron chi connectivity index (χ4n) is 3.26. The van der Waals surface area contributed by atoms with E-state index in [2.05, 4.69) is 25.4 Å². The molecule has 0 spiro atoms. The van der Waals surface area contributed by atoms with Gasteiger partial charge < -0.3 is 14.0 Å². The fourth-order valence-corrected chi connectivity index (χ4v) is 3.26. The van der Waals surface area contributed by atoms with Crippen LogP contribution in [0.3, 0.4) is 0 Å². The summed E-state index contributed by atoms with van der Waals surface area (Å²) in [5, 5.41) is 12.5. The number of pyridine rings is 1. The second-order valence-corrected chi connectivity index (χ2v) is 6.53. The van der Waals surface area contributed by atoms with Gasteiger partial charge in [-0.25, -0.2) is 4.68 Å². The average Bonchev–Trinajstić information content (AvgIpc) is 3.42. The highest BCUT2D eigenvalue weighted by Crippen LogP contribution is 2.31. The largest absolute Gasteiger partial charge is 0.494 e. The molecule has 4 aromatic rings. The maximum atomic E-state index is 6.06. The second-order valence-electron chi connectivity index (χ2n) is 6.53. The monoisotopic (exact) mass is 390 g/mol. The van der Waals surface area contributed by atoms with E-state index >= 15 is 0 Å². The third kappa shape index (κ3) is 3.36. The quantitative estimate of drug-likeness (QED) is 0.512. The van der Waals surface area contributed by atoms with Crippen molar-refractivity contribution in [1.29, 1.82) is 0 Å². The number of aromatic nitrogens is 6. The first-order valence-corrected chi connectivity index (χ1v) is 9.33. The first-order valence-electron chi connectivity index (χ1n) is 9.33. The molecule has 0 fully saturated rings. The van der Waals surface area contributed by atoms with E-state index in [1.807, 2.05) is 48.0 Å². The Balaban J connectivity index is 1.36. The Morgan fingerprint density at radius 2 is 2.10 bits per heavy atom. The van der Waals surface area contributed by atoms with Crippen LogP contribution in [0.25, 0.3) is 23.0 Å². The zero-order valence-corrected chi connectivity index (χ0v) is 15.7. The number of nitrogens with zero attached hydrogens (tertiary/aromatic N) is 6. The minimum Gasteiger partial charge on any atom is -0.494 e. The SMILES string of the molecule is CCOc1ccc([C@H]2Cn3nnc(-c4nc(-c5cccnc5)no4)c3CO2)cc1. The first kappa shape index (κ1) is 17.5. The molecule has 4 heterocycles. The lowest BCUT2D eigenvalue weighted by Gasteiger charge is -2.24. The van der Waals surface area contributed by atoms with E-state index in [4.69, 9.17) is 14.0 Å². The molecule has 1 atom stereocenters. The number of ether oxygens (including phenoxy) is 2. The predicted octanol–water partition coefficient (Wildman–Crippen LogP) is 3.06. The van der Waals surface area contributed by atoms with Gasteiger partial charge >= 0.3 is 0 Å². The van der Waals surface area contributed by atoms with Crippen molar-refractivity contribution in [2.45, 2.75) is 26.2 Å². The molecule has 9 heteroatoms. The molecule has 0 bridgehead atoms. The number of fused-ring (bicyclic) bond motifs is 1. The normalized spacial score (nSPS) is 15.8. The van der Waals surface area contributed by atoms with E-state index in [0.29, 0.717) is 37.2 Å². The Morgan fingerprint density at radius 1 is 1.21 bits per heavy atom. The van der Waals surface area contributed by atoms with Crippen molar-refractivity contribution in [2.24, 2.45) is 0 Å². The van der Waals surface area contributed by atoms with Gasteiger partial charge in [-0.3, -0.25) is 4.98 Å². The van der Waals surface area contributed by atoms with E-state index in [-0.39, 0.29) is 6.10 Å². The van der Waals surface area contributed by atoms with Crippen LogP contribution in [0.1, 0.15) is 24.3 Å². The molecule has 5 rings (SSSR count). The molecule has 0 radical (unpaired) electrons. The lowest BCUT2D eigenvalue weighted by Crippen LogP contribution is -2.22. The number of hydrogen-bond acceptors (Lipinski definition) is 8. The van der Waals surface area contributed by atoms with Gasteiger partial charge in [-0.1, -0.05) is 22.5 Å². The van der Waals surface area contributed by atoms with E-state index in [1.54, 1.807) is 12.4 Å². The Hall–Kier alpha value is -3.59. The van der Waals surface area contributed by atoms with Crippen molar-refractivity contribution in [3.8, 4) is 28.7 Å². The Morgan fingerprint density at radius 3 is 2.90 bits per heavy atom. The summed E-state index contributed by atoms with van der Waals surface area (Å²) in [4.78, 5) is 8.51. The lowest BCUT2D eigenvalue weighted by molar-refractivity contribution is -0.00119. The van der Waals surface area contributed by atoms with Crippen LogP contribution in [0, 0.1) is 0 Å². The minimum absolute atomic E-state index is 0.110. The van der Waals surface area contributed by atoms with E-state index in [9.17, 15) is 0 Å². The van der Waals surface area contributed by atoms with Crippen molar-refractivity contribution in [3.05, 3.63) is 60.0 Å². The molecule has 9 nitrogen and oxygen atoms in total. The summed E-state index contributed by atoms with van der Waals surface area (Å²) in [6, 6.07) is 11.6. The van der Waals surface area contributed by atoms with Gasteiger partial charge in [0, 0.05) is 18.0 Å². The smallest absolute Gasteiger partial charge is 0.280 e. The molecule has 3 aromatic heterocycles. The van der Waals surface area contributed by atoms with Gasteiger partial charge in [0.1, 0.15) is 11.9 Å². The third-order valence-corrected chi connectivity index (χ3v) is 4.71. The Kier molecular flexibility index (Phi) is 4.49. The van der Waals surface area contributed by atoms with Crippen LogP contribution >= 0.6 is 0 Å². The van der Waals surface area contributed by atoms with Crippen molar-refractivity contribution in [2.75, 3.05) is 6.61 Å². The predicted molar refractivity (Wildman–Crippen MR) is 102 cm³/mol. The van der Waals surface area contributed by atoms with Gasteiger partial charge in [0.25, 0.3) is 5.89 Å². The van der Waals surface area contributed by atoms with Gasteiger partial charge in [0.15, 0.2) is 5.69 Å². The van der Waals surface area contributed by atoms with Crippen LogP contribution in [0.4, 0.5) is 0 Å². The topological polar surface area (TPSA) is 101 Å². The molecule has 0 aliphatic carbocycles.